The summed E-state index contributed by atoms with van der Waals surface area (Å²) in [4.78, 5) is 93.8. The molecule has 4 bridgehead atoms. The minimum Gasteiger partial charge on any atom is -0.747 e. The van der Waals surface area contributed by atoms with E-state index in [9.17, 15) is 51.3 Å². The topological polar surface area (TPSA) is 249 Å². The summed E-state index contributed by atoms with van der Waals surface area (Å²) in [5, 5.41) is 8.65. The van der Waals surface area contributed by atoms with E-state index in [1.54, 1.807) is 18.8 Å². The number of imide groups is 4. The number of rotatable bonds is 2. The average molecular weight is 935 g/mol. The fourth-order valence-corrected chi connectivity index (χ4v) is 10.4. The maximum Gasteiger partial charge on any atom is 1.00 e. The quantitative estimate of drug-likeness (QED) is 0.138. The number of allylic oxidation sites excluding steroid dienone is 2. The van der Waals surface area contributed by atoms with Crippen molar-refractivity contribution in [2.45, 2.75) is 50.2 Å². The summed E-state index contributed by atoms with van der Waals surface area (Å²) in [5.74, 6) is 0.376. The predicted molar refractivity (Wildman–Crippen MR) is 228 cm³/mol. The van der Waals surface area contributed by atoms with E-state index in [-0.39, 0.29) is 125 Å². The zero-order valence-electron chi connectivity index (χ0n) is 42.1. The molecule has 8 aliphatic rings. The van der Waals surface area contributed by atoms with Crippen molar-refractivity contribution in [1.29, 1.82) is 0 Å². The number of carbonyl (C=O) groups is 8. The van der Waals surface area contributed by atoms with Gasteiger partial charge in [0.1, 0.15) is 20.9 Å². The van der Waals surface area contributed by atoms with Crippen LogP contribution in [0.15, 0.2) is 66.6 Å². The maximum absolute atomic E-state index is 11.7. The van der Waals surface area contributed by atoms with Gasteiger partial charge in [0.25, 0.3) is 0 Å². The minimum absolute atomic E-state index is 0. The van der Waals surface area contributed by atoms with Gasteiger partial charge in [-0.3, -0.25) is 58.0 Å². The van der Waals surface area contributed by atoms with Crippen molar-refractivity contribution in [3.8, 4) is 0 Å². The smallest absolute Gasteiger partial charge is 0.747 e. The van der Waals surface area contributed by atoms with E-state index in [1.165, 1.54) is 41.6 Å². The Hall–Kier alpha value is -5.15. The number of hydrogen-bond acceptors (Lipinski definition) is 14. The molecule has 8 amide bonds. The predicted octanol–water partition coefficient (Wildman–Crippen LogP) is -1.17. The molecule has 342 valence electrons. The molecule has 4 aliphatic heterocycles. The molecule has 1 N–H and O–H groups in total. The molecule has 2 aromatic carbocycles. The molecule has 9 atom stereocenters. The number of aryl methyl sites for hydroxylation is 1. The molecule has 7 fully saturated rings. The number of carbonyl (C=O) groups excluding carboxylic acids is 8. The fraction of sp³-hybridized carbons (Fsp3) is 0.500. The van der Waals surface area contributed by atoms with Crippen molar-refractivity contribution in [3.05, 3.63) is 66.6 Å². The normalized spacial score (nSPS) is 29.7. The van der Waals surface area contributed by atoms with E-state index in [2.05, 4.69) is 27.8 Å². The van der Waals surface area contributed by atoms with Crippen LogP contribution in [0.3, 0.4) is 0 Å². The second-order valence-corrected chi connectivity index (χ2v) is 18.2. The van der Waals surface area contributed by atoms with Crippen molar-refractivity contribution >= 4 is 74.1 Å². The summed E-state index contributed by atoms with van der Waals surface area (Å²) in [6.45, 7) is 0. The molecule has 4 aliphatic carbocycles. The molecule has 19 nitrogen and oxygen atoms in total. The molecule has 5 heterocycles. The fourth-order valence-electron chi connectivity index (χ4n) is 9.61. The van der Waals surface area contributed by atoms with E-state index in [0.717, 1.165) is 30.9 Å². The summed E-state index contributed by atoms with van der Waals surface area (Å²) in [7, 11) is 4.61. The average Bonchev–Trinajstić information content (AvgIpc) is 4.25. The Labute approximate surface area is 406 Å². The van der Waals surface area contributed by atoms with Crippen LogP contribution >= 0.6 is 0 Å². The number of para-hydroxylation sites is 2. The zero-order chi connectivity index (χ0) is 51.1. The van der Waals surface area contributed by atoms with Crippen molar-refractivity contribution in [1.82, 2.24) is 34.6 Å². The monoisotopic (exact) mass is 934 g/mol. The third-order valence-corrected chi connectivity index (χ3v) is 14.2. The summed E-state index contributed by atoms with van der Waals surface area (Å²) < 4.78 is 69.6. The van der Waals surface area contributed by atoms with E-state index < -0.39 is 33.6 Å². The summed E-state index contributed by atoms with van der Waals surface area (Å²) >= 11 is 0. The molecular weight excluding hydrogens is 872 g/mol. The number of nitrogens with one attached hydrogen (secondary N) is 1. The van der Waals surface area contributed by atoms with Crippen LogP contribution in [0.1, 0.15) is 51.8 Å². The van der Waals surface area contributed by atoms with Crippen molar-refractivity contribution < 1.29 is 87.7 Å². The molecule has 65 heavy (non-hydrogen) atoms. The number of likely N-dealkylation sites (tertiary alicyclic amines) is 4. The van der Waals surface area contributed by atoms with E-state index in [4.69, 9.17) is 6.85 Å². The number of anilines is 1. The van der Waals surface area contributed by atoms with Gasteiger partial charge in [-0.25, -0.2) is 13.1 Å². The second kappa shape index (κ2) is 21.0. The van der Waals surface area contributed by atoms with Crippen LogP contribution in [0.5, 0.6) is 0 Å². The molecule has 0 radical (unpaired) electrons. The number of benzene rings is 2. The third kappa shape index (κ3) is 10.6. The number of fused-ring (bicyclic) bond motifs is 11. The van der Waals surface area contributed by atoms with Crippen LogP contribution in [-0.2, 0) is 55.5 Å². The standard InChI is InChI=1S/C10H13NO2.C10H11NO2.C7H7N3.C7H9N.C5H7NO5S.C5H7NO2.Na/c2*1-11-9(12)7-5-2-3-6(4-5)8(7)10(11)13;1-10-7-5-3-2-4-6(7)8-9-10;1-8-7-5-3-2-4-6-7;1-6-4(7)2-3(5(6)8)12(9,10)11;1-6-4(7)2-3-5(6)8;/h5-8H,2-4H2,1H3;2-3,5-8H,4H2,1H3;2-5H,1H3;2-6,8H,1H3;3H,2H2,1H3,(H,9,10,11);2-3H2,1H3;/q;;;;;;+1/p-1/i;;;2T,3T,4T,5T,6T;;;. The summed E-state index contributed by atoms with van der Waals surface area (Å²) in [6.07, 6.45) is 8.96. The molecule has 0 spiro atoms. The first-order valence-electron chi connectivity index (χ1n) is 23.2. The molecule has 1 aromatic heterocycles. The summed E-state index contributed by atoms with van der Waals surface area (Å²) in [5.41, 5.74) is 2.15. The van der Waals surface area contributed by atoms with Gasteiger partial charge in [0, 0.05) is 60.8 Å². The number of amides is 8. The molecule has 21 heteroatoms. The molecule has 3 aromatic rings. The Morgan fingerprint density at radius 3 is 1.55 bits per heavy atom. The van der Waals surface area contributed by atoms with Gasteiger partial charge in [-0.1, -0.05) is 47.6 Å². The zero-order valence-corrected chi connectivity index (χ0v) is 40.0. The Morgan fingerprint density at radius 1 is 0.662 bits per heavy atom. The van der Waals surface area contributed by atoms with E-state index >= 15 is 0 Å². The first-order valence-corrected chi connectivity index (χ1v) is 22.2. The molecule has 11 rings (SSSR count). The van der Waals surface area contributed by atoms with Crippen molar-refractivity contribution in [2.75, 3.05) is 40.6 Å². The van der Waals surface area contributed by atoms with Crippen LogP contribution in [0, 0.1) is 47.3 Å². The number of aromatic nitrogens is 3. The number of hydrogen-bond donors (Lipinski definition) is 1. The van der Waals surface area contributed by atoms with Gasteiger partial charge in [-0.05, 0) is 73.6 Å². The third-order valence-electron chi connectivity index (χ3n) is 13.1. The molecule has 3 saturated carbocycles. The first-order chi connectivity index (χ1) is 32.3. The van der Waals surface area contributed by atoms with Crippen molar-refractivity contribution in [2.24, 2.45) is 54.4 Å². The Balaban J connectivity index is 0.000000157. The van der Waals surface area contributed by atoms with Gasteiger partial charge in [0.05, 0.1) is 42.5 Å². The maximum atomic E-state index is 11.7. The van der Waals surface area contributed by atoms with Crippen LogP contribution in [-0.4, -0.2) is 135 Å². The summed E-state index contributed by atoms with van der Waals surface area (Å²) in [6, 6.07) is 6.48. The van der Waals surface area contributed by atoms with Gasteiger partial charge in [-0.15, -0.1) is 5.10 Å². The van der Waals surface area contributed by atoms with Crippen molar-refractivity contribution in [3.63, 3.8) is 0 Å². The van der Waals surface area contributed by atoms with Gasteiger partial charge >= 0.3 is 29.6 Å². The van der Waals surface area contributed by atoms with Gasteiger partial charge in [0.15, 0.2) is 0 Å². The van der Waals surface area contributed by atoms with Gasteiger partial charge < -0.3 is 9.87 Å². The van der Waals surface area contributed by atoms with Crippen LogP contribution in [0.2, 0.25) is 0 Å². The Kier molecular flexibility index (Phi) is 14.1. The van der Waals surface area contributed by atoms with Crippen LogP contribution < -0.4 is 34.9 Å². The van der Waals surface area contributed by atoms with E-state index in [0.29, 0.717) is 41.4 Å². The Bertz CT molecular complexity index is 2680. The second-order valence-electron chi connectivity index (χ2n) is 16.6. The van der Waals surface area contributed by atoms with Crippen LogP contribution in [0.4, 0.5) is 5.69 Å². The van der Waals surface area contributed by atoms with Crippen LogP contribution in [0.25, 0.3) is 11.0 Å². The van der Waals surface area contributed by atoms with E-state index in [1.807, 2.05) is 31.3 Å². The Morgan fingerprint density at radius 2 is 1.15 bits per heavy atom. The molecular formula is C44H53N8NaO11S. The molecule has 4 saturated heterocycles. The first kappa shape index (κ1) is 43.7. The van der Waals surface area contributed by atoms with Gasteiger partial charge in [-0.2, -0.15) is 0 Å². The van der Waals surface area contributed by atoms with Gasteiger partial charge in [0.2, 0.25) is 47.3 Å². The SMILES string of the molecule is CN1C(=O)C2C3C=CC(C3)C2C1=O.CN1C(=O)C2C3CCC(C3)C2C1=O.CN1C(=O)CC(S(=O)(=O)[O-])C1=O.CN1C(=O)CCC1=O.Cn1nnc2ccccc21.[3H]c1c([3H])c([3H])c(NC)c([3H])c1[3H].[Na+]. The molecule has 9 unspecified atom stereocenters. The minimum atomic E-state index is -4.68. The number of nitrogens with zero attached hydrogens (tertiary/aromatic N) is 7. The largest absolute Gasteiger partial charge is 1.00 e.